The number of carboxylic acids is 1. The standard InChI is InChI=1S/C15H19ClN2O3/c16-11-4-5-12(17-13(11)14(19)20)18-8-7-15(21)6-2-1-3-10(15)9-18/h4-5,10,21H,1-3,6-9H2,(H,19,20). The van der Waals surface area contributed by atoms with Crippen molar-refractivity contribution in [1.82, 2.24) is 4.98 Å². The number of aromatic nitrogens is 1. The molecule has 114 valence electrons. The molecule has 0 radical (unpaired) electrons. The number of carboxylic acid groups (broad SMARTS) is 1. The number of hydrogen-bond acceptors (Lipinski definition) is 4. The normalized spacial score (nSPS) is 29.0. The maximum atomic E-state index is 11.1. The van der Waals surface area contributed by atoms with Crippen molar-refractivity contribution in [1.29, 1.82) is 0 Å². The minimum Gasteiger partial charge on any atom is -0.476 e. The highest BCUT2D eigenvalue weighted by molar-refractivity contribution is 6.33. The van der Waals surface area contributed by atoms with Crippen LogP contribution < -0.4 is 4.90 Å². The Morgan fingerprint density at radius 2 is 2.19 bits per heavy atom. The molecule has 0 amide bonds. The number of rotatable bonds is 2. The molecule has 21 heavy (non-hydrogen) atoms. The van der Waals surface area contributed by atoms with E-state index in [9.17, 15) is 9.90 Å². The van der Waals surface area contributed by atoms with Crippen molar-refractivity contribution in [2.75, 3.05) is 18.0 Å². The average Bonchev–Trinajstić information content (AvgIpc) is 2.46. The van der Waals surface area contributed by atoms with Crippen LogP contribution in [0.2, 0.25) is 5.02 Å². The predicted molar refractivity (Wildman–Crippen MR) is 79.9 cm³/mol. The number of aliphatic hydroxyl groups is 1. The molecular formula is C15H19ClN2O3. The van der Waals surface area contributed by atoms with E-state index in [4.69, 9.17) is 16.7 Å². The van der Waals surface area contributed by atoms with Gasteiger partial charge in [-0.25, -0.2) is 9.78 Å². The third-order valence-electron chi connectivity index (χ3n) is 4.79. The second-order valence-corrected chi connectivity index (χ2v) is 6.45. The number of hydrogen-bond donors (Lipinski definition) is 2. The van der Waals surface area contributed by atoms with E-state index in [0.29, 0.717) is 18.8 Å². The first kappa shape index (κ1) is 14.6. The van der Waals surface area contributed by atoms with Crippen LogP contribution in [0.5, 0.6) is 0 Å². The van der Waals surface area contributed by atoms with E-state index in [1.807, 2.05) is 0 Å². The van der Waals surface area contributed by atoms with Gasteiger partial charge in [-0.2, -0.15) is 0 Å². The minimum absolute atomic E-state index is 0.112. The van der Waals surface area contributed by atoms with Gasteiger partial charge in [-0.3, -0.25) is 0 Å². The maximum Gasteiger partial charge on any atom is 0.356 e. The fourth-order valence-electron chi connectivity index (χ4n) is 3.54. The summed E-state index contributed by atoms with van der Waals surface area (Å²) in [5, 5.41) is 19.9. The lowest BCUT2D eigenvalue weighted by Crippen LogP contribution is -2.53. The highest BCUT2D eigenvalue weighted by Crippen LogP contribution is 2.40. The van der Waals surface area contributed by atoms with Crippen molar-refractivity contribution in [3.63, 3.8) is 0 Å². The van der Waals surface area contributed by atoms with Gasteiger partial charge in [-0.1, -0.05) is 24.4 Å². The summed E-state index contributed by atoms with van der Waals surface area (Å²) < 4.78 is 0. The predicted octanol–water partition coefficient (Wildman–Crippen LogP) is 2.56. The summed E-state index contributed by atoms with van der Waals surface area (Å²) in [5.74, 6) is -0.247. The summed E-state index contributed by atoms with van der Waals surface area (Å²) >= 11 is 5.86. The molecule has 1 saturated carbocycles. The number of nitrogens with zero attached hydrogens (tertiary/aromatic N) is 2. The summed E-state index contributed by atoms with van der Waals surface area (Å²) in [7, 11) is 0. The number of fused-ring (bicyclic) bond motifs is 1. The molecule has 3 rings (SSSR count). The zero-order valence-corrected chi connectivity index (χ0v) is 12.5. The molecule has 1 aliphatic carbocycles. The van der Waals surface area contributed by atoms with E-state index in [1.54, 1.807) is 12.1 Å². The second-order valence-electron chi connectivity index (χ2n) is 6.05. The molecule has 2 heterocycles. The molecule has 1 aromatic heterocycles. The molecule has 1 aromatic rings. The number of pyridine rings is 1. The Morgan fingerprint density at radius 3 is 2.95 bits per heavy atom. The number of carbonyl (C=O) groups is 1. The lowest BCUT2D eigenvalue weighted by Gasteiger charge is -2.47. The van der Waals surface area contributed by atoms with Crippen LogP contribution in [0.15, 0.2) is 12.1 Å². The van der Waals surface area contributed by atoms with Crippen molar-refractivity contribution in [2.24, 2.45) is 5.92 Å². The molecule has 2 N–H and O–H groups in total. The molecule has 5 nitrogen and oxygen atoms in total. The van der Waals surface area contributed by atoms with Crippen LogP contribution in [-0.2, 0) is 0 Å². The van der Waals surface area contributed by atoms with Crippen LogP contribution >= 0.6 is 11.6 Å². The molecule has 0 aromatic carbocycles. The third kappa shape index (κ3) is 2.72. The van der Waals surface area contributed by atoms with Crippen LogP contribution in [0.4, 0.5) is 5.82 Å². The van der Waals surface area contributed by atoms with Gasteiger partial charge in [-0.15, -0.1) is 0 Å². The third-order valence-corrected chi connectivity index (χ3v) is 5.09. The lowest BCUT2D eigenvalue weighted by molar-refractivity contribution is -0.0613. The summed E-state index contributed by atoms with van der Waals surface area (Å²) in [6, 6.07) is 3.33. The van der Waals surface area contributed by atoms with Gasteiger partial charge in [0.25, 0.3) is 0 Å². The molecule has 2 fully saturated rings. The molecule has 0 spiro atoms. The fourth-order valence-corrected chi connectivity index (χ4v) is 3.72. The van der Waals surface area contributed by atoms with Gasteiger partial charge in [0.1, 0.15) is 5.82 Å². The number of halogens is 1. The Morgan fingerprint density at radius 1 is 1.38 bits per heavy atom. The maximum absolute atomic E-state index is 11.1. The monoisotopic (exact) mass is 310 g/mol. The first-order valence-electron chi connectivity index (χ1n) is 7.37. The topological polar surface area (TPSA) is 73.7 Å². The Balaban J connectivity index is 1.82. The molecule has 1 saturated heterocycles. The van der Waals surface area contributed by atoms with Crippen molar-refractivity contribution in [3.05, 3.63) is 22.8 Å². The van der Waals surface area contributed by atoms with Crippen LogP contribution in [-0.4, -0.2) is 39.9 Å². The Labute approximate surface area is 128 Å². The molecule has 2 atom stereocenters. The van der Waals surface area contributed by atoms with Crippen LogP contribution in [0.1, 0.15) is 42.6 Å². The van der Waals surface area contributed by atoms with Crippen molar-refractivity contribution in [3.8, 4) is 0 Å². The highest BCUT2D eigenvalue weighted by atomic mass is 35.5. The number of piperidine rings is 1. The van der Waals surface area contributed by atoms with E-state index in [2.05, 4.69) is 9.88 Å². The quantitative estimate of drug-likeness (QED) is 0.878. The summed E-state index contributed by atoms with van der Waals surface area (Å²) in [6.07, 6.45) is 4.85. The molecule has 0 bridgehead atoms. The minimum atomic E-state index is -1.12. The highest BCUT2D eigenvalue weighted by Gasteiger charge is 2.43. The fraction of sp³-hybridized carbons (Fsp3) is 0.600. The van der Waals surface area contributed by atoms with Gasteiger partial charge >= 0.3 is 5.97 Å². The first-order valence-corrected chi connectivity index (χ1v) is 7.74. The van der Waals surface area contributed by atoms with E-state index in [0.717, 1.165) is 32.2 Å². The average molecular weight is 311 g/mol. The largest absolute Gasteiger partial charge is 0.476 e. The molecule has 2 aliphatic rings. The Bertz CT molecular complexity index is 566. The first-order chi connectivity index (χ1) is 9.99. The van der Waals surface area contributed by atoms with Gasteiger partial charge in [-0.05, 0) is 31.4 Å². The number of anilines is 1. The zero-order chi connectivity index (χ0) is 15.0. The Kier molecular flexibility index (Phi) is 3.80. The Hall–Kier alpha value is -1.33. The van der Waals surface area contributed by atoms with Gasteiger partial charge < -0.3 is 15.1 Å². The number of aromatic carboxylic acids is 1. The molecule has 6 heteroatoms. The molecule has 1 aliphatic heterocycles. The van der Waals surface area contributed by atoms with E-state index in [1.165, 1.54) is 0 Å². The second kappa shape index (κ2) is 5.46. The van der Waals surface area contributed by atoms with E-state index in [-0.39, 0.29) is 16.6 Å². The van der Waals surface area contributed by atoms with Crippen LogP contribution in [0, 0.1) is 5.92 Å². The summed E-state index contributed by atoms with van der Waals surface area (Å²) in [5.41, 5.74) is -0.657. The van der Waals surface area contributed by atoms with E-state index >= 15 is 0 Å². The molecule has 2 unspecified atom stereocenters. The van der Waals surface area contributed by atoms with Crippen molar-refractivity contribution in [2.45, 2.75) is 37.7 Å². The smallest absolute Gasteiger partial charge is 0.356 e. The van der Waals surface area contributed by atoms with Gasteiger partial charge in [0.05, 0.1) is 10.6 Å². The lowest BCUT2D eigenvalue weighted by atomic mass is 9.71. The van der Waals surface area contributed by atoms with Crippen molar-refractivity contribution < 1.29 is 15.0 Å². The van der Waals surface area contributed by atoms with Gasteiger partial charge in [0.2, 0.25) is 0 Å². The van der Waals surface area contributed by atoms with E-state index < -0.39 is 11.6 Å². The SMILES string of the molecule is O=C(O)c1nc(N2CCC3(O)CCCCC3C2)ccc1Cl. The van der Waals surface area contributed by atoms with Crippen LogP contribution in [0.25, 0.3) is 0 Å². The zero-order valence-electron chi connectivity index (χ0n) is 11.8. The van der Waals surface area contributed by atoms with Crippen LogP contribution in [0.3, 0.4) is 0 Å². The summed E-state index contributed by atoms with van der Waals surface area (Å²) in [4.78, 5) is 17.4. The van der Waals surface area contributed by atoms with Crippen molar-refractivity contribution >= 4 is 23.4 Å². The summed E-state index contributed by atoms with van der Waals surface area (Å²) in [6.45, 7) is 1.42. The van der Waals surface area contributed by atoms with Gasteiger partial charge in [0.15, 0.2) is 5.69 Å². The molecular weight excluding hydrogens is 292 g/mol. The van der Waals surface area contributed by atoms with Gasteiger partial charge in [0, 0.05) is 19.0 Å².